The molecule has 0 bridgehead atoms. The van der Waals surface area contributed by atoms with Crippen molar-refractivity contribution in [3.05, 3.63) is 34.2 Å². The van der Waals surface area contributed by atoms with E-state index in [0.29, 0.717) is 18.9 Å². The van der Waals surface area contributed by atoms with Gasteiger partial charge in [0.05, 0.1) is 5.56 Å². The molecule has 0 amide bonds. The quantitative estimate of drug-likeness (QED) is 0.920. The molecule has 1 aromatic rings. The van der Waals surface area contributed by atoms with Gasteiger partial charge in [0.2, 0.25) is 0 Å². The Kier molecular flexibility index (Phi) is 3.99. The van der Waals surface area contributed by atoms with E-state index in [4.69, 9.17) is 5.73 Å². The maximum Gasteiger partial charge on any atom is 0.417 e. The summed E-state index contributed by atoms with van der Waals surface area (Å²) in [6, 6.07) is 1.90. The van der Waals surface area contributed by atoms with E-state index in [0.717, 1.165) is 42.2 Å². The molecule has 0 aliphatic heterocycles. The van der Waals surface area contributed by atoms with Crippen molar-refractivity contribution >= 4 is 0 Å². The maximum atomic E-state index is 12.6. The molecule has 1 aliphatic carbocycles. The Bertz CT molecular complexity index is 495. The summed E-state index contributed by atoms with van der Waals surface area (Å²) in [6.45, 7) is 0.293. The average Bonchev–Trinajstić information content (AvgIpc) is 2.72. The molecule has 0 saturated heterocycles. The Labute approximate surface area is 109 Å². The van der Waals surface area contributed by atoms with Gasteiger partial charge in [0.25, 0.3) is 5.56 Å². The van der Waals surface area contributed by atoms with Gasteiger partial charge in [-0.3, -0.25) is 4.79 Å². The number of aromatic nitrogens is 1. The number of aryl methyl sites for hydroxylation is 1. The predicted molar refractivity (Wildman–Crippen MR) is 65.6 cm³/mol. The van der Waals surface area contributed by atoms with Gasteiger partial charge in [-0.1, -0.05) is 6.42 Å². The number of rotatable bonds is 3. The number of hydrogen-bond donors (Lipinski definition) is 1. The summed E-state index contributed by atoms with van der Waals surface area (Å²) in [5.41, 5.74) is 4.72. The number of nitrogens with zero attached hydrogens (tertiary/aromatic N) is 1. The first-order valence-corrected chi connectivity index (χ1v) is 6.41. The molecule has 19 heavy (non-hydrogen) atoms. The second-order valence-corrected chi connectivity index (χ2v) is 5.09. The van der Waals surface area contributed by atoms with Crippen LogP contribution in [0, 0.1) is 5.92 Å². The normalized spacial score (nSPS) is 23.8. The average molecular weight is 274 g/mol. The van der Waals surface area contributed by atoms with Gasteiger partial charge in [0, 0.05) is 24.8 Å². The molecular weight excluding hydrogens is 257 g/mol. The summed E-state index contributed by atoms with van der Waals surface area (Å²) in [4.78, 5) is 11.5. The van der Waals surface area contributed by atoms with Gasteiger partial charge in [-0.2, -0.15) is 13.2 Å². The van der Waals surface area contributed by atoms with Crippen LogP contribution in [0.3, 0.4) is 0 Å². The van der Waals surface area contributed by atoms with Gasteiger partial charge < -0.3 is 10.3 Å². The van der Waals surface area contributed by atoms with Gasteiger partial charge in [0.1, 0.15) is 0 Å². The molecule has 1 aromatic heterocycles. The highest BCUT2D eigenvalue weighted by molar-refractivity contribution is 5.13. The van der Waals surface area contributed by atoms with E-state index in [2.05, 4.69) is 0 Å². The number of pyridine rings is 1. The monoisotopic (exact) mass is 274 g/mol. The zero-order valence-corrected chi connectivity index (χ0v) is 10.5. The lowest BCUT2D eigenvalue weighted by Crippen LogP contribution is -2.27. The van der Waals surface area contributed by atoms with E-state index in [-0.39, 0.29) is 6.04 Å². The van der Waals surface area contributed by atoms with Gasteiger partial charge in [-0.25, -0.2) is 0 Å². The summed E-state index contributed by atoms with van der Waals surface area (Å²) in [7, 11) is 0. The van der Waals surface area contributed by atoms with Gasteiger partial charge in [0.15, 0.2) is 0 Å². The molecule has 6 heteroatoms. The molecule has 0 aromatic carbocycles. The molecule has 1 aliphatic rings. The summed E-state index contributed by atoms with van der Waals surface area (Å²) < 4.78 is 38.8. The lowest BCUT2D eigenvalue weighted by Gasteiger charge is -2.16. The summed E-state index contributed by atoms with van der Waals surface area (Å²) in [6.07, 6.45) is 0.144. The summed E-state index contributed by atoms with van der Waals surface area (Å²) in [5, 5.41) is 0. The van der Waals surface area contributed by atoms with Crippen molar-refractivity contribution in [1.29, 1.82) is 0 Å². The molecule has 2 unspecified atom stereocenters. The second-order valence-electron chi connectivity index (χ2n) is 5.09. The highest BCUT2D eigenvalue weighted by Crippen LogP contribution is 2.29. The molecule has 0 spiro atoms. The van der Waals surface area contributed by atoms with Crippen LogP contribution in [-0.2, 0) is 12.7 Å². The lowest BCUT2D eigenvalue weighted by molar-refractivity contribution is -0.138. The van der Waals surface area contributed by atoms with Crippen LogP contribution in [0.15, 0.2) is 23.1 Å². The van der Waals surface area contributed by atoms with E-state index >= 15 is 0 Å². The minimum atomic E-state index is -4.42. The van der Waals surface area contributed by atoms with Crippen molar-refractivity contribution in [3.63, 3.8) is 0 Å². The smallest absolute Gasteiger partial charge is 0.327 e. The molecular formula is C13H17F3N2O. The molecule has 106 valence electrons. The fourth-order valence-corrected chi connectivity index (χ4v) is 2.60. The molecule has 1 heterocycles. The molecule has 2 N–H and O–H groups in total. The molecule has 2 atom stereocenters. The third-order valence-corrected chi connectivity index (χ3v) is 3.77. The first-order valence-electron chi connectivity index (χ1n) is 6.41. The van der Waals surface area contributed by atoms with Crippen LogP contribution >= 0.6 is 0 Å². The number of alkyl halides is 3. The highest BCUT2D eigenvalue weighted by atomic mass is 19.4. The Morgan fingerprint density at radius 2 is 2.05 bits per heavy atom. The summed E-state index contributed by atoms with van der Waals surface area (Å²) in [5.74, 6) is 0.307. The highest BCUT2D eigenvalue weighted by Gasteiger charge is 2.31. The van der Waals surface area contributed by atoms with Crippen molar-refractivity contribution in [1.82, 2.24) is 4.57 Å². The Balaban J connectivity index is 2.09. The molecule has 0 radical (unpaired) electrons. The van der Waals surface area contributed by atoms with E-state index < -0.39 is 17.3 Å². The third-order valence-electron chi connectivity index (χ3n) is 3.77. The zero-order chi connectivity index (χ0) is 14.0. The lowest BCUT2D eigenvalue weighted by atomic mass is 10.0. The Morgan fingerprint density at radius 1 is 1.32 bits per heavy atom. The van der Waals surface area contributed by atoms with Crippen LogP contribution in [-0.4, -0.2) is 10.6 Å². The Hall–Kier alpha value is -1.30. The van der Waals surface area contributed by atoms with E-state index in [1.165, 1.54) is 0 Å². The van der Waals surface area contributed by atoms with Crippen molar-refractivity contribution in [2.75, 3.05) is 0 Å². The van der Waals surface area contributed by atoms with Crippen LogP contribution in [0.5, 0.6) is 0 Å². The second kappa shape index (κ2) is 5.36. The maximum absolute atomic E-state index is 12.6. The first-order chi connectivity index (χ1) is 8.88. The van der Waals surface area contributed by atoms with Crippen LogP contribution in [0.2, 0.25) is 0 Å². The number of nitrogens with two attached hydrogens (primary N) is 1. The van der Waals surface area contributed by atoms with Crippen molar-refractivity contribution in [3.8, 4) is 0 Å². The van der Waals surface area contributed by atoms with E-state index in [9.17, 15) is 18.0 Å². The SMILES string of the molecule is NC1CCCC1CCn1cc(C(F)(F)F)ccc1=O. The summed E-state index contributed by atoms with van der Waals surface area (Å²) >= 11 is 0. The van der Waals surface area contributed by atoms with Crippen molar-refractivity contribution in [2.24, 2.45) is 11.7 Å². The molecule has 1 fully saturated rings. The third kappa shape index (κ3) is 3.37. The van der Waals surface area contributed by atoms with Gasteiger partial charge >= 0.3 is 6.18 Å². The zero-order valence-electron chi connectivity index (χ0n) is 10.5. The number of hydrogen-bond acceptors (Lipinski definition) is 2. The van der Waals surface area contributed by atoms with E-state index in [1.807, 2.05) is 0 Å². The fourth-order valence-electron chi connectivity index (χ4n) is 2.60. The topological polar surface area (TPSA) is 48.0 Å². The minimum Gasteiger partial charge on any atom is -0.327 e. The van der Waals surface area contributed by atoms with Crippen LogP contribution in [0.1, 0.15) is 31.2 Å². The number of halogens is 3. The van der Waals surface area contributed by atoms with Gasteiger partial charge in [-0.05, 0) is 31.2 Å². The van der Waals surface area contributed by atoms with Crippen molar-refractivity contribution < 1.29 is 13.2 Å². The Morgan fingerprint density at radius 3 is 2.63 bits per heavy atom. The molecule has 1 saturated carbocycles. The minimum absolute atomic E-state index is 0.113. The van der Waals surface area contributed by atoms with Gasteiger partial charge in [-0.15, -0.1) is 0 Å². The largest absolute Gasteiger partial charge is 0.417 e. The van der Waals surface area contributed by atoms with Crippen LogP contribution < -0.4 is 11.3 Å². The van der Waals surface area contributed by atoms with Crippen LogP contribution in [0.4, 0.5) is 13.2 Å². The van der Waals surface area contributed by atoms with E-state index in [1.54, 1.807) is 0 Å². The van der Waals surface area contributed by atoms with Crippen molar-refractivity contribution in [2.45, 2.75) is 44.4 Å². The van der Waals surface area contributed by atoms with Crippen LogP contribution in [0.25, 0.3) is 0 Å². The fraction of sp³-hybridized carbons (Fsp3) is 0.615. The molecule has 2 rings (SSSR count). The standard InChI is InChI=1S/C13H17F3N2O/c14-13(15,16)10-4-5-12(19)18(8-10)7-6-9-2-1-3-11(9)17/h4-5,8-9,11H,1-3,6-7,17H2. The first kappa shape index (κ1) is 14.1. The molecule has 3 nitrogen and oxygen atoms in total. The predicted octanol–water partition coefficient (Wildman–Crippen LogP) is 2.38.